The smallest absolute Gasteiger partial charge is 0.261 e. The predicted molar refractivity (Wildman–Crippen MR) is 114 cm³/mol. The monoisotopic (exact) mass is 386 g/mol. The minimum Gasteiger partial charge on any atom is -0.493 e. The Hall–Kier alpha value is -3.60. The van der Waals surface area contributed by atoms with Gasteiger partial charge in [0.2, 0.25) is 0 Å². The second kappa shape index (κ2) is 8.19. The van der Waals surface area contributed by atoms with E-state index in [0.29, 0.717) is 41.2 Å². The van der Waals surface area contributed by atoms with E-state index in [0.717, 1.165) is 11.1 Å². The van der Waals surface area contributed by atoms with Gasteiger partial charge in [-0.05, 0) is 35.4 Å². The van der Waals surface area contributed by atoms with Crippen molar-refractivity contribution in [2.45, 2.75) is 13.0 Å². The Morgan fingerprint density at radius 1 is 0.828 bits per heavy atom. The van der Waals surface area contributed by atoms with Gasteiger partial charge in [0.15, 0.2) is 11.5 Å². The van der Waals surface area contributed by atoms with Gasteiger partial charge >= 0.3 is 0 Å². The van der Waals surface area contributed by atoms with Gasteiger partial charge in [-0.1, -0.05) is 48.5 Å². The zero-order valence-electron chi connectivity index (χ0n) is 16.5. The summed E-state index contributed by atoms with van der Waals surface area (Å²) in [6.07, 6.45) is 0.507. The Morgan fingerprint density at radius 2 is 1.55 bits per heavy atom. The van der Waals surface area contributed by atoms with Gasteiger partial charge < -0.3 is 9.47 Å². The quantitative estimate of drug-likeness (QED) is 0.502. The predicted octanol–water partition coefficient (Wildman–Crippen LogP) is 4.05. The summed E-state index contributed by atoms with van der Waals surface area (Å²) in [5, 5.41) is 0.625. The summed E-state index contributed by atoms with van der Waals surface area (Å²) in [5.74, 6) is 2.04. The summed E-state index contributed by atoms with van der Waals surface area (Å²) in [7, 11) is 3.22. The molecule has 0 radical (unpaired) electrons. The highest BCUT2D eigenvalue weighted by atomic mass is 16.5. The van der Waals surface area contributed by atoms with Crippen LogP contribution in [0.25, 0.3) is 10.9 Å². The summed E-state index contributed by atoms with van der Waals surface area (Å²) in [6, 6.07) is 23.2. The summed E-state index contributed by atoms with van der Waals surface area (Å²) >= 11 is 0. The van der Waals surface area contributed by atoms with E-state index in [9.17, 15) is 4.79 Å². The first-order valence-corrected chi connectivity index (χ1v) is 9.43. The molecular formula is C24H22N2O3. The van der Waals surface area contributed by atoms with Gasteiger partial charge in [-0.15, -0.1) is 0 Å². The Labute approximate surface area is 169 Å². The van der Waals surface area contributed by atoms with Crippen molar-refractivity contribution in [1.82, 2.24) is 9.55 Å². The molecule has 0 aliphatic rings. The minimum atomic E-state index is -0.0325. The molecule has 0 saturated heterocycles. The Kier molecular flexibility index (Phi) is 5.29. The van der Waals surface area contributed by atoms with Crippen LogP contribution in [0.3, 0.4) is 0 Å². The largest absolute Gasteiger partial charge is 0.493 e. The zero-order valence-corrected chi connectivity index (χ0v) is 16.5. The topological polar surface area (TPSA) is 53.3 Å². The number of ether oxygens (including phenoxy) is 2. The van der Waals surface area contributed by atoms with Gasteiger partial charge in [0.05, 0.1) is 31.7 Å². The second-order valence-electron chi connectivity index (χ2n) is 6.79. The first-order valence-electron chi connectivity index (χ1n) is 9.43. The highest BCUT2D eigenvalue weighted by Gasteiger charge is 2.13. The fraction of sp³-hybridized carbons (Fsp3) is 0.167. The second-order valence-corrected chi connectivity index (χ2v) is 6.79. The Balaban J connectivity index is 1.82. The number of nitrogens with zero attached hydrogens (tertiary/aromatic N) is 2. The van der Waals surface area contributed by atoms with Gasteiger partial charge in [0.1, 0.15) is 5.82 Å². The van der Waals surface area contributed by atoms with Gasteiger partial charge in [0.25, 0.3) is 5.56 Å². The summed E-state index contributed by atoms with van der Waals surface area (Å²) in [4.78, 5) is 18.1. The molecule has 0 saturated carbocycles. The van der Waals surface area contributed by atoms with Crippen molar-refractivity contribution in [1.29, 1.82) is 0 Å². The number of para-hydroxylation sites is 1. The lowest BCUT2D eigenvalue weighted by molar-refractivity contribution is 0.354. The molecule has 0 atom stereocenters. The third-order valence-electron chi connectivity index (χ3n) is 4.93. The highest BCUT2D eigenvalue weighted by Crippen LogP contribution is 2.28. The van der Waals surface area contributed by atoms with Crippen LogP contribution in [0.4, 0.5) is 0 Å². The molecular weight excluding hydrogens is 364 g/mol. The van der Waals surface area contributed by atoms with E-state index >= 15 is 0 Å². The summed E-state index contributed by atoms with van der Waals surface area (Å²) < 4.78 is 12.5. The van der Waals surface area contributed by atoms with Crippen molar-refractivity contribution in [3.05, 3.63) is 100 Å². The maximum atomic E-state index is 13.2. The molecule has 0 bridgehead atoms. The summed E-state index contributed by atoms with van der Waals surface area (Å²) in [6.45, 7) is 0.472. The van der Waals surface area contributed by atoms with Crippen molar-refractivity contribution >= 4 is 10.9 Å². The maximum Gasteiger partial charge on any atom is 0.261 e. The molecule has 0 fully saturated rings. The molecule has 1 aromatic heterocycles. The normalized spacial score (nSPS) is 10.8. The minimum absolute atomic E-state index is 0.0325. The molecule has 1 heterocycles. The SMILES string of the molecule is COc1ccc(Cc2nc3ccccc3c(=O)n2Cc2ccccc2)cc1OC. The van der Waals surface area contributed by atoms with E-state index in [2.05, 4.69) is 0 Å². The van der Waals surface area contributed by atoms with Crippen LogP contribution >= 0.6 is 0 Å². The van der Waals surface area contributed by atoms with Gasteiger partial charge in [-0.2, -0.15) is 0 Å². The van der Waals surface area contributed by atoms with Crippen LogP contribution in [-0.2, 0) is 13.0 Å². The van der Waals surface area contributed by atoms with Crippen LogP contribution in [0.1, 0.15) is 17.0 Å². The van der Waals surface area contributed by atoms with Crippen LogP contribution in [0, 0.1) is 0 Å². The number of hydrogen-bond acceptors (Lipinski definition) is 4. The van der Waals surface area contributed by atoms with Crippen molar-refractivity contribution in [3.8, 4) is 11.5 Å². The molecule has 0 unspecified atom stereocenters. The van der Waals surface area contributed by atoms with Crippen molar-refractivity contribution in [3.63, 3.8) is 0 Å². The highest BCUT2D eigenvalue weighted by molar-refractivity contribution is 5.77. The summed E-state index contributed by atoms with van der Waals surface area (Å²) in [5.41, 5.74) is 2.72. The zero-order chi connectivity index (χ0) is 20.2. The fourth-order valence-electron chi connectivity index (χ4n) is 3.45. The number of methoxy groups -OCH3 is 2. The molecule has 0 aliphatic heterocycles. The van der Waals surface area contributed by atoms with Crippen LogP contribution in [0.5, 0.6) is 11.5 Å². The first kappa shape index (κ1) is 18.7. The molecule has 4 aromatic rings. The molecule has 146 valence electrons. The van der Waals surface area contributed by atoms with E-state index in [1.807, 2.05) is 72.8 Å². The number of rotatable bonds is 6. The maximum absolute atomic E-state index is 13.2. The third kappa shape index (κ3) is 3.85. The molecule has 0 aliphatic carbocycles. The van der Waals surface area contributed by atoms with Crippen LogP contribution < -0.4 is 15.0 Å². The molecule has 5 heteroatoms. The molecule has 5 nitrogen and oxygen atoms in total. The molecule has 29 heavy (non-hydrogen) atoms. The van der Waals surface area contributed by atoms with Crippen LogP contribution in [0.15, 0.2) is 77.6 Å². The van der Waals surface area contributed by atoms with Crippen molar-refractivity contribution in [2.24, 2.45) is 0 Å². The molecule has 0 N–H and O–H groups in total. The number of hydrogen-bond donors (Lipinski definition) is 0. The van der Waals surface area contributed by atoms with Crippen LogP contribution in [-0.4, -0.2) is 23.8 Å². The first-order chi connectivity index (χ1) is 14.2. The van der Waals surface area contributed by atoms with Crippen molar-refractivity contribution in [2.75, 3.05) is 14.2 Å². The fourth-order valence-corrected chi connectivity index (χ4v) is 3.45. The average molecular weight is 386 g/mol. The van der Waals surface area contributed by atoms with Crippen molar-refractivity contribution < 1.29 is 9.47 Å². The lowest BCUT2D eigenvalue weighted by atomic mass is 10.1. The van der Waals surface area contributed by atoms with E-state index < -0.39 is 0 Å². The van der Waals surface area contributed by atoms with E-state index in [-0.39, 0.29) is 5.56 Å². The lowest BCUT2D eigenvalue weighted by Gasteiger charge is -2.15. The molecule has 4 rings (SSSR count). The number of benzene rings is 3. The van der Waals surface area contributed by atoms with Gasteiger partial charge in [-0.25, -0.2) is 4.98 Å². The molecule has 3 aromatic carbocycles. The van der Waals surface area contributed by atoms with Gasteiger partial charge in [0, 0.05) is 6.42 Å². The van der Waals surface area contributed by atoms with Crippen LogP contribution in [0.2, 0.25) is 0 Å². The Morgan fingerprint density at radius 3 is 2.31 bits per heavy atom. The van der Waals surface area contributed by atoms with E-state index in [1.165, 1.54) is 0 Å². The Bertz CT molecular complexity index is 1200. The standard InChI is InChI=1S/C24H22N2O3/c1-28-21-13-12-18(14-22(21)29-2)15-23-25-20-11-7-6-10-19(20)24(27)26(23)16-17-8-4-3-5-9-17/h3-14H,15-16H2,1-2H3. The number of fused-ring (bicyclic) bond motifs is 1. The molecule has 0 spiro atoms. The van der Waals surface area contributed by atoms with E-state index in [4.69, 9.17) is 14.5 Å². The third-order valence-corrected chi connectivity index (χ3v) is 4.93. The average Bonchev–Trinajstić information content (AvgIpc) is 2.77. The molecule has 0 amide bonds. The lowest BCUT2D eigenvalue weighted by Crippen LogP contribution is -2.26. The number of aromatic nitrogens is 2. The van der Waals surface area contributed by atoms with E-state index in [1.54, 1.807) is 18.8 Å². The van der Waals surface area contributed by atoms with Gasteiger partial charge in [-0.3, -0.25) is 9.36 Å².